The third-order valence-corrected chi connectivity index (χ3v) is 2.59. The largest absolute Gasteiger partial charge is 0.306 e. The van der Waals surface area contributed by atoms with E-state index in [1.165, 1.54) is 0 Å². The molecule has 5 nitrogen and oxygen atoms in total. The van der Waals surface area contributed by atoms with E-state index in [-0.39, 0.29) is 16.3 Å². The van der Waals surface area contributed by atoms with E-state index >= 15 is 0 Å². The van der Waals surface area contributed by atoms with Crippen LogP contribution in [0.2, 0.25) is 5.02 Å². The van der Waals surface area contributed by atoms with Crippen LogP contribution in [0.15, 0.2) is 18.2 Å². The maximum Gasteiger partial charge on any atom is 0.306 e. The Hall–Kier alpha value is -1.21. The van der Waals surface area contributed by atoms with Gasteiger partial charge in [0.2, 0.25) is 0 Å². The van der Waals surface area contributed by atoms with Crippen molar-refractivity contribution >= 4 is 27.5 Å². The van der Waals surface area contributed by atoms with E-state index in [2.05, 4.69) is 0 Å². The first kappa shape index (κ1) is 11.9. The molecule has 0 fully saturated rings. The first-order chi connectivity index (χ1) is 6.79. The van der Waals surface area contributed by atoms with Crippen LogP contribution < -0.4 is 0 Å². The van der Waals surface area contributed by atoms with Gasteiger partial charge in [-0.3, -0.25) is 10.1 Å². The number of rotatable bonds is 3. The fourth-order valence-corrected chi connectivity index (χ4v) is 1.84. The van der Waals surface area contributed by atoms with Crippen molar-refractivity contribution in [1.29, 1.82) is 0 Å². The zero-order chi connectivity index (χ0) is 11.6. The second-order valence-electron chi connectivity index (χ2n) is 2.72. The summed E-state index contributed by atoms with van der Waals surface area (Å²) in [6.07, 6.45) is 0. The van der Waals surface area contributed by atoms with Crippen molar-refractivity contribution in [2.45, 2.75) is 5.75 Å². The number of non-ortho nitro benzene ring substituents is 1. The molecule has 0 heterocycles. The lowest BCUT2D eigenvalue weighted by molar-refractivity contribution is -0.384. The van der Waals surface area contributed by atoms with Gasteiger partial charge in [-0.15, -0.1) is 3.89 Å². The fourth-order valence-electron chi connectivity index (χ4n) is 0.971. The van der Waals surface area contributed by atoms with Gasteiger partial charge in [0.15, 0.2) is 0 Å². The summed E-state index contributed by atoms with van der Waals surface area (Å²) in [5.41, 5.74) is -0.466. The molecular weight excluding hydrogens is 249 g/mol. The lowest BCUT2D eigenvalue weighted by atomic mass is 10.2. The molecule has 0 bridgehead atoms. The molecule has 0 aliphatic heterocycles. The minimum atomic E-state index is -4.75. The number of nitro benzene ring substituents is 1. The van der Waals surface area contributed by atoms with Crippen molar-refractivity contribution in [1.82, 2.24) is 0 Å². The molecule has 0 saturated carbocycles. The maximum atomic E-state index is 12.3. The van der Waals surface area contributed by atoms with Crippen molar-refractivity contribution in [3.63, 3.8) is 0 Å². The third-order valence-electron chi connectivity index (χ3n) is 1.57. The molecular formula is C7H5ClFNO4S. The number of halogens is 2. The smallest absolute Gasteiger partial charge is 0.258 e. The van der Waals surface area contributed by atoms with Crippen molar-refractivity contribution in [3.05, 3.63) is 38.9 Å². The van der Waals surface area contributed by atoms with Gasteiger partial charge >= 0.3 is 10.2 Å². The van der Waals surface area contributed by atoms with Gasteiger partial charge in [-0.25, -0.2) is 0 Å². The van der Waals surface area contributed by atoms with Crippen LogP contribution in [0.4, 0.5) is 9.57 Å². The molecule has 1 rings (SSSR count). The highest BCUT2D eigenvalue weighted by molar-refractivity contribution is 7.85. The zero-order valence-corrected chi connectivity index (χ0v) is 8.76. The molecule has 0 saturated heterocycles. The van der Waals surface area contributed by atoms with Crippen molar-refractivity contribution in [2.24, 2.45) is 0 Å². The lowest BCUT2D eigenvalue weighted by Crippen LogP contribution is -1.98. The lowest BCUT2D eigenvalue weighted by Gasteiger charge is -2.00. The topological polar surface area (TPSA) is 77.3 Å². The van der Waals surface area contributed by atoms with Gasteiger partial charge in [-0.1, -0.05) is 11.6 Å². The molecule has 0 N–H and O–H groups in total. The normalized spacial score (nSPS) is 11.3. The van der Waals surface area contributed by atoms with Gasteiger partial charge in [-0.2, -0.15) is 8.42 Å². The highest BCUT2D eigenvalue weighted by atomic mass is 35.5. The SMILES string of the molecule is O=[N+]([O-])c1ccc(Cl)c(CS(=O)(=O)F)c1. The number of nitro groups is 1. The molecule has 15 heavy (non-hydrogen) atoms. The number of hydrogen-bond acceptors (Lipinski definition) is 4. The first-order valence-electron chi connectivity index (χ1n) is 3.65. The Morgan fingerprint density at radius 3 is 2.53 bits per heavy atom. The summed E-state index contributed by atoms with van der Waals surface area (Å²) >= 11 is 5.55. The van der Waals surface area contributed by atoms with Crippen molar-refractivity contribution in [3.8, 4) is 0 Å². The summed E-state index contributed by atoms with van der Waals surface area (Å²) in [4.78, 5) is 9.63. The Labute approximate surface area is 89.8 Å². The Kier molecular flexibility index (Phi) is 3.25. The summed E-state index contributed by atoms with van der Waals surface area (Å²) in [6.45, 7) is 0. The van der Waals surface area contributed by atoms with E-state index < -0.39 is 20.9 Å². The monoisotopic (exact) mass is 253 g/mol. The molecule has 0 aliphatic rings. The van der Waals surface area contributed by atoms with E-state index in [1.807, 2.05) is 0 Å². The average Bonchev–Trinajstić information content (AvgIpc) is 2.06. The van der Waals surface area contributed by atoms with Gasteiger partial charge < -0.3 is 0 Å². The summed E-state index contributed by atoms with van der Waals surface area (Å²) in [6, 6.07) is 3.19. The van der Waals surface area contributed by atoms with Crippen LogP contribution in [0.5, 0.6) is 0 Å². The summed E-state index contributed by atoms with van der Waals surface area (Å²) in [5.74, 6) is -0.965. The van der Waals surface area contributed by atoms with Gasteiger partial charge in [0.1, 0.15) is 5.75 Å². The van der Waals surface area contributed by atoms with Gasteiger partial charge in [0, 0.05) is 17.2 Å². The number of benzene rings is 1. The predicted molar refractivity (Wildman–Crippen MR) is 51.8 cm³/mol. The molecule has 0 aliphatic carbocycles. The second kappa shape index (κ2) is 4.11. The molecule has 0 unspecified atom stereocenters. The number of hydrogen-bond donors (Lipinski definition) is 0. The van der Waals surface area contributed by atoms with Gasteiger partial charge in [0.05, 0.1) is 4.92 Å². The molecule has 0 amide bonds. The Balaban J connectivity index is 3.17. The molecule has 0 aromatic heterocycles. The quantitative estimate of drug-likeness (QED) is 0.469. The van der Waals surface area contributed by atoms with Crippen LogP contribution in [-0.4, -0.2) is 13.3 Å². The minimum Gasteiger partial charge on any atom is -0.258 e. The fraction of sp³-hybridized carbons (Fsp3) is 0.143. The molecule has 8 heteroatoms. The standard InChI is InChI=1S/C7H5ClFNO4S/c8-7-2-1-6(10(11)12)3-5(7)4-15(9,13)14/h1-3H,4H2. The van der Waals surface area contributed by atoms with Crippen LogP contribution in [-0.2, 0) is 16.0 Å². The average molecular weight is 254 g/mol. The third kappa shape index (κ3) is 3.45. The Bertz CT molecular complexity index is 502. The van der Waals surface area contributed by atoms with E-state index in [9.17, 15) is 22.4 Å². The van der Waals surface area contributed by atoms with Crippen molar-refractivity contribution in [2.75, 3.05) is 0 Å². The summed E-state index contributed by atoms with van der Waals surface area (Å²) in [5, 5.41) is 10.3. The van der Waals surface area contributed by atoms with Gasteiger partial charge in [0.25, 0.3) is 5.69 Å². The molecule has 1 aromatic rings. The van der Waals surface area contributed by atoms with Crippen LogP contribution in [0, 0.1) is 10.1 Å². The van der Waals surface area contributed by atoms with Crippen molar-refractivity contribution < 1.29 is 17.2 Å². The summed E-state index contributed by atoms with van der Waals surface area (Å²) in [7, 11) is -4.75. The van der Waals surface area contributed by atoms with E-state index in [0.717, 1.165) is 18.2 Å². The van der Waals surface area contributed by atoms with Gasteiger partial charge in [-0.05, 0) is 11.6 Å². The van der Waals surface area contributed by atoms with E-state index in [1.54, 1.807) is 0 Å². The molecule has 82 valence electrons. The van der Waals surface area contributed by atoms with Crippen LogP contribution >= 0.6 is 11.6 Å². The Morgan fingerprint density at radius 2 is 2.07 bits per heavy atom. The minimum absolute atomic E-state index is 0.0261. The molecule has 0 atom stereocenters. The second-order valence-corrected chi connectivity index (χ2v) is 4.49. The van der Waals surface area contributed by atoms with Crippen LogP contribution in [0.25, 0.3) is 0 Å². The molecule has 0 radical (unpaired) electrons. The zero-order valence-electron chi connectivity index (χ0n) is 7.18. The molecule has 0 spiro atoms. The van der Waals surface area contributed by atoms with Crippen LogP contribution in [0.1, 0.15) is 5.56 Å². The highest BCUT2D eigenvalue weighted by Crippen LogP contribution is 2.24. The predicted octanol–water partition coefficient (Wildman–Crippen LogP) is 2.05. The first-order valence-corrected chi connectivity index (χ1v) is 5.58. The maximum absolute atomic E-state index is 12.3. The van der Waals surface area contributed by atoms with E-state index in [4.69, 9.17) is 11.6 Å². The summed E-state index contributed by atoms with van der Waals surface area (Å²) < 4.78 is 33.0. The highest BCUT2D eigenvalue weighted by Gasteiger charge is 2.15. The van der Waals surface area contributed by atoms with E-state index in [0.29, 0.717) is 0 Å². The Morgan fingerprint density at radius 1 is 1.47 bits per heavy atom. The molecule has 1 aromatic carbocycles. The number of nitrogens with zero attached hydrogens (tertiary/aromatic N) is 1. The van der Waals surface area contributed by atoms with Crippen LogP contribution in [0.3, 0.4) is 0 Å².